The molecule has 0 aliphatic carbocycles. The lowest BCUT2D eigenvalue weighted by Gasteiger charge is -2.21. The molecule has 0 bridgehead atoms. The molecule has 24 heavy (non-hydrogen) atoms. The maximum absolute atomic E-state index is 5.60. The molecule has 1 aromatic rings. The van der Waals surface area contributed by atoms with E-state index in [1.54, 1.807) is 0 Å². The standard InChI is InChI=1S/C17H31N5O.HI/c1-7-18-17(19-8-16-20-13(5)14(6)23-16)21-15-10-22(11(2)3)9-12(15)4;/h11-12,15H,7-10H2,1-6H3,(H2,18,19,21);1H. The number of hydrogen-bond acceptors (Lipinski definition) is 4. The highest BCUT2D eigenvalue weighted by Crippen LogP contribution is 2.18. The van der Waals surface area contributed by atoms with Gasteiger partial charge in [-0.05, 0) is 40.5 Å². The molecule has 0 radical (unpaired) electrons. The minimum atomic E-state index is 0. The zero-order chi connectivity index (χ0) is 17.0. The summed E-state index contributed by atoms with van der Waals surface area (Å²) in [4.78, 5) is 11.5. The summed E-state index contributed by atoms with van der Waals surface area (Å²) < 4.78 is 5.60. The minimum absolute atomic E-state index is 0. The van der Waals surface area contributed by atoms with Crippen LogP contribution in [0, 0.1) is 19.8 Å². The van der Waals surface area contributed by atoms with Crippen LogP contribution in [-0.2, 0) is 6.54 Å². The van der Waals surface area contributed by atoms with Crippen molar-refractivity contribution in [1.82, 2.24) is 20.5 Å². The molecule has 0 spiro atoms. The highest BCUT2D eigenvalue weighted by Gasteiger charge is 2.31. The SMILES string of the molecule is CCNC(=NCc1nc(C)c(C)o1)NC1CN(C(C)C)CC1C.I. The predicted molar refractivity (Wildman–Crippen MR) is 109 cm³/mol. The number of aryl methyl sites for hydroxylation is 2. The molecule has 6 nitrogen and oxygen atoms in total. The van der Waals surface area contributed by atoms with Crippen molar-refractivity contribution in [1.29, 1.82) is 0 Å². The van der Waals surface area contributed by atoms with Gasteiger partial charge in [-0.2, -0.15) is 0 Å². The fourth-order valence-electron chi connectivity index (χ4n) is 2.86. The third-order valence-corrected chi connectivity index (χ3v) is 4.48. The van der Waals surface area contributed by atoms with Crippen LogP contribution in [0.4, 0.5) is 0 Å². The van der Waals surface area contributed by atoms with Crippen molar-refractivity contribution in [2.75, 3.05) is 19.6 Å². The molecule has 1 aromatic heterocycles. The Morgan fingerprint density at radius 3 is 2.58 bits per heavy atom. The number of hydrogen-bond donors (Lipinski definition) is 2. The number of likely N-dealkylation sites (tertiary alicyclic amines) is 1. The van der Waals surface area contributed by atoms with E-state index in [9.17, 15) is 0 Å². The number of aromatic nitrogens is 1. The van der Waals surface area contributed by atoms with Crippen LogP contribution in [0.3, 0.4) is 0 Å². The zero-order valence-corrected chi connectivity index (χ0v) is 18.0. The average Bonchev–Trinajstić information content (AvgIpc) is 3.00. The maximum atomic E-state index is 5.60. The number of aliphatic imine (C=N–C) groups is 1. The number of nitrogens with zero attached hydrogens (tertiary/aromatic N) is 3. The fourth-order valence-corrected chi connectivity index (χ4v) is 2.86. The second-order valence-corrected chi connectivity index (χ2v) is 6.72. The van der Waals surface area contributed by atoms with Gasteiger partial charge in [0.05, 0.1) is 5.69 Å². The molecular weight excluding hydrogens is 417 g/mol. The molecule has 2 heterocycles. The first kappa shape index (κ1) is 21.2. The van der Waals surface area contributed by atoms with E-state index in [4.69, 9.17) is 4.42 Å². The van der Waals surface area contributed by atoms with Crippen LogP contribution in [0.5, 0.6) is 0 Å². The first-order valence-corrected chi connectivity index (χ1v) is 8.62. The number of rotatable bonds is 5. The van der Waals surface area contributed by atoms with Gasteiger partial charge in [-0.3, -0.25) is 4.90 Å². The third kappa shape index (κ3) is 5.61. The Morgan fingerprint density at radius 1 is 1.38 bits per heavy atom. The van der Waals surface area contributed by atoms with Gasteiger partial charge in [0.2, 0.25) is 5.89 Å². The molecule has 1 saturated heterocycles. The van der Waals surface area contributed by atoms with Gasteiger partial charge in [-0.1, -0.05) is 6.92 Å². The molecule has 0 saturated carbocycles. The Hall–Kier alpha value is -0.830. The van der Waals surface area contributed by atoms with Gasteiger partial charge >= 0.3 is 0 Å². The summed E-state index contributed by atoms with van der Waals surface area (Å²) in [5.41, 5.74) is 0.935. The highest BCUT2D eigenvalue weighted by atomic mass is 127. The van der Waals surface area contributed by atoms with Crippen molar-refractivity contribution < 1.29 is 4.42 Å². The van der Waals surface area contributed by atoms with Gasteiger partial charge in [-0.25, -0.2) is 9.98 Å². The van der Waals surface area contributed by atoms with E-state index in [0.717, 1.165) is 37.0 Å². The summed E-state index contributed by atoms with van der Waals surface area (Å²) in [5.74, 6) is 2.97. The van der Waals surface area contributed by atoms with Gasteiger partial charge in [-0.15, -0.1) is 24.0 Å². The van der Waals surface area contributed by atoms with Crippen LogP contribution in [0.15, 0.2) is 9.41 Å². The Bertz CT molecular complexity index is 524. The molecule has 2 atom stereocenters. The van der Waals surface area contributed by atoms with Gasteiger partial charge in [0, 0.05) is 31.7 Å². The van der Waals surface area contributed by atoms with Crippen LogP contribution in [0.25, 0.3) is 0 Å². The zero-order valence-electron chi connectivity index (χ0n) is 15.7. The average molecular weight is 449 g/mol. The van der Waals surface area contributed by atoms with Crippen molar-refractivity contribution in [2.24, 2.45) is 10.9 Å². The molecule has 2 N–H and O–H groups in total. The van der Waals surface area contributed by atoms with Gasteiger partial charge in [0.15, 0.2) is 5.96 Å². The molecule has 138 valence electrons. The first-order chi connectivity index (χ1) is 10.9. The number of nitrogens with one attached hydrogen (secondary N) is 2. The lowest BCUT2D eigenvalue weighted by molar-refractivity contribution is 0.265. The predicted octanol–water partition coefficient (Wildman–Crippen LogP) is 2.69. The molecule has 0 aromatic carbocycles. The molecule has 1 aliphatic heterocycles. The summed E-state index contributed by atoms with van der Waals surface area (Å²) in [5, 5.41) is 6.89. The van der Waals surface area contributed by atoms with Crippen LogP contribution < -0.4 is 10.6 Å². The molecule has 1 aliphatic rings. The van der Waals surface area contributed by atoms with Crippen molar-refractivity contribution in [3.8, 4) is 0 Å². The molecule has 0 amide bonds. The van der Waals surface area contributed by atoms with Crippen LogP contribution in [-0.4, -0.2) is 47.6 Å². The van der Waals surface area contributed by atoms with Crippen molar-refractivity contribution >= 4 is 29.9 Å². The topological polar surface area (TPSA) is 65.7 Å². The summed E-state index contributed by atoms with van der Waals surface area (Å²) in [6, 6.07) is 1.00. The van der Waals surface area contributed by atoms with Crippen LogP contribution >= 0.6 is 24.0 Å². The maximum Gasteiger partial charge on any atom is 0.216 e. The van der Waals surface area contributed by atoms with Gasteiger partial charge < -0.3 is 15.1 Å². The van der Waals surface area contributed by atoms with Crippen molar-refractivity contribution in [3.05, 3.63) is 17.3 Å². The van der Waals surface area contributed by atoms with E-state index in [-0.39, 0.29) is 24.0 Å². The Morgan fingerprint density at radius 2 is 2.08 bits per heavy atom. The lowest BCUT2D eigenvalue weighted by Crippen LogP contribution is -2.46. The van der Waals surface area contributed by atoms with Crippen molar-refractivity contribution in [3.63, 3.8) is 0 Å². The monoisotopic (exact) mass is 449 g/mol. The largest absolute Gasteiger partial charge is 0.444 e. The van der Waals surface area contributed by atoms with E-state index < -0.39 is 0 Å². The normalized spacial score (nSPS) is 21.9. The minimum Gasteiger partial charge on any atom is -0.444 e. The van der Waals surface area contributed by atoms with E-state index in [1.165, 1.54) is 0 Å². The molecule has 2 unspecified atom stereocenters. The van der Waals surface area contributed by atoms with E-state index in [0.29, 0.717) is 30.4 Å². The number of oxazole rings is 1. The Balaban J connectivity index is 0.00000288. The Kier molecular flexibility index (Phi) is 8.49. The summed E-state index contributed by atoms with van der Waals surface area (Å²) in [7, 11) is 0. The van der Waals surface area contributed by atoms with Crippen LogP contribution in [0.2, 0.25) is 0 Å². The number of guanidine groups is 1. The van der Waals surface area contributed by atoms with Gasteiger partial charge in [0.25, 0.3) is 0 Å². The quantitative estimate of drug-likeness (QED) is 0.411. The van der Waals surface area contributed by atoms with Crippen molar-refractivity contribution in [2.45, 2.75) is 60.2 Å². The van der Waals surface area contributed by atoms with E-state index in [1.807, 2.05) is 13.8 Å². The molecular formula is C17H32IN5O. The number of halogens is 1. The van der Waals surface area contributed by atoms with Crippen LogP contribution in [0.1, 0.15) is 45.0 Å². The lowest BCUT2D eigenvalue weighted by atomic mass is 10.1. The van der Waals surface area contributed by atoms with E-state index >= 15 is 0 Å². The van der Waals surface area contributed by atoms with E-state index in [2.05, 4.69) is 53.2 Å². The summed E-state index contributed by atoms with van der Waals surface area (Å²) >= 11 is 0. The smallest absolute Gasteiger partial charge is 0.216 e. The molecule has 2 rings (SSSR count). The second kappa shape index (κ2) is 9.60. The highest BCUT2D eigenvalue weighted by molar-refractivity contribution is 14.0. The molecule has 7 heteroatoms. The van der Waals surface area contributed by atoms with Gasteiger partial charge in [0.1, 0.15) is 12.3 Å². The summed E-state index contributed by atoms with van der Waals surface area (Å²) in [6.07, 6.45) is 0. The second-order valence-electron chi connectivity index (χ2n) is 6.72. The summed E-state index contributed by atoms with van der Waals surface area (Å²) in [6.45, 7) is 16.2. The fraction of sp³-hybridized carbons (Fsp3) is 0.765. The molecule has 1 fully saturated rings. The first-order valence-electron chi connectivity index (χ1n) is 8.62. The Labute approximate surface area is 162 Å². The third-order valence-electron chi connectivity index (χ3n) is 4.48.